The lowest BCUT2D eigenvalue weighted by Gasteiger charge is -2.60. The summed E-state index contributed by atoms with van der Waals surface area (Å²) in [5.74, 6) is -0.799. The first-order valence-electron chi connectivity index (χ1n) is 15.7. The van der Waals surface area contributed by atoms with Crippen LogP contribution in [0.25, 0.3) is 0 Å². The lowest BCUT2D eigenvalue weighted by Crippen LogP contribution is -2.68. The van der Waals surface area contributed by atoms with E-state index in [0.717, 1.165) is 11.1 Å². The summed E-state index contributed by atoms with van der Waals surface area (Å²) in [6.45, 7) is 5.33. The molecule has 1 amide bonds. The van der Waals surface area contributed by atoms with Crippen LogP contribution in [0.2, 0.25) is 0 Å². The smallest absolute Gasteiger partial charge is 0.308 e. The molecule has 0 aliphatic carbocycles. The first-order valence-corrected chi connectivity index (χ1v) is 15.7. The number of fused-ring (bicyclic) bond motifs is 9. The number of ketones is 1. The van der Waals surface area contributed by atoms with E-state index in [0.29, 0.717) is 58.1 Å². The fraction of sp³-hybridized carbons (Fsp3) is 0.529. The van der Waals surface area contributed by atoms with E-state index >= 15 is 0 Å². The van der Waals surface area contributed by atoms with E-state index in [1.54, 1.807) is 13.8 Å². The molecule has 2 aromatic carbocycles. The van der Waals surface area contributed by atoms with Crippen LogP contribution in [0.15, 0.2) is 6.07 Å². The molecular weight excluding hydrogens is 611 g/mol. The van der Waals surface area contributed by atoms with Crippen molar-refractivity contribution >= 4 is 17.7 Å². The average molecular weight is 651 g/mol. The van der Waals surface area contributed by atoms with E-state index in [-0.39, 0.29) is 31.5 Å². The van der Waals surface area contributed by atoms with Crippen molar-refractivity contribution < 1.29 is 42.8 Å². The van der Waals surface area contributed by atoms with Gasteiger partial charge in [0.1, 0.15) is 18.5 Å². The molecule has 250 valence electrons. The number of aromatic hydroxyl groups is 1. The number of nitrogens with zero attached hydrogens (tertiary/aromatic N) is 3. The number of carbonyl (C=O) groups is 3. The molecule has 4 aliphatic heterocycles. The summed E-state index contributed by atoms with van der Waals surface area (Å²) in [7, 11) is 3.46. The monoisotopic (exact) mass is 650 g/mol. The number of esters is 1. The van der Waals surface area contributed by atoms with Crippen LogP contribution in [0, 0.1) is 31.1 Å². The maximum Gasteiger partial charge on any atom is 0.308 e. The van der Waals surface area contributed by atoms with Crippen molar-refractivity contribution in [1.29, 1.82) is 5.26 Å². The molecule has 2 bridgehead atoms. The Bertz CT molecular complexity index is 1710. The second kappa shape index (κ2) is 12.3. The second-order valence-electron chi connectivity index (χ2n) is 12.9. The van der Waals surface area contributed by atoms with E-state index in [1.165, 1.54) is 14.0 Å². The Labute approximate surface area is 272 Å². The first kappa shape index (κ1) is 32.5. The molecule has 0 saturated carbocycles. The lowest BCUT2D eigenvalue weighted by molar-refractivity contribution is -0.132. The molecule has 2 N–H and O–H groups in total. The number of Topliss-reactive ketones (excluding diaryl/α,β-unsaturated/α-hetero) is 1. The number of halogens is 1. The van der Waals surface area contributed by atoms with Crippen LogP contribution in [-0.4, -0.2) is 84.9 Å². The van der Waals surface area contributed by atoms with Crippen LogP contribution in [0.4, 0.5) is 4.39 Å². The van der Waals surface area contributed by atoms with Gasteiger partial charge in [-0.3, -0.25) is 24.2 Å². The van der Waals surface area contributed by atoms with Crippen molar-refractivity contribution in [2.45, 2.75) is 77.2 Å². The number of benzene rings is 2. The Kier molecular flexibility index (Phi) is 8.52. The van der Waals surface area contributed by atoms with Crippen molar-refractivity contribution in [2.24, 2.45) is 5.92 Å². The third kappa shape index (κ3) is 5.14. The van der Waals surface area contributed by atoms with Crippen molar-refractivity contribution in [1.82, 2.24) is 15.1 Å². The number of nitrogens with one attached hydrogen (secondary N) is 1. The molecule has 1 unspecified atom stereocenters. The average Bonchev–Trinajstić information content (AvgIpc) is 3.52. The maximum absolute atomic E-state index is 13.3. The molecule has 1 fully saturated rings. The van der Waals surface area contributed by atoms with Gasteiger partial charge in [-0.05, 0) is 44.9 Å². The number of amides is 1. The summed E-state index contributed by atoms with van der Waals surface area (Å²) >= 11 is 0. The fourth-order valence-corrected chi connectivity index (χ4v) is 8.17. The Morgan fingerprint density at radius 1 is 1.17 bits per heavy atom. The fourth-order valence-electron chi connectivity index (χ4n) is 8.17. The zero-order chi connectivity index (χ0) is 33.9. The summed E-state index contributed by atoms with van der Waals surface area (Å²) in [6.07, 6.45) is 0.558. The van der Waals surface area contributed by atoms with Gasteiger partial charge in [0.25, 0.3) is 0 Å². The Balaban J connectivity index is 1.55. The van der Waals surface area contributed by atoms with E-state index in [9.17, 15) is 29.1 Å². The van der Waals surface area contributed by atoms with Crippen LogP contribution in [0.3, 0.4) is 0 Å². The zero-order valence-electron chi connectivity index (χ0n) is 27.3. The highest BCUT2D eigenvalue weighted by molar-refractivity contribution is 5.87. The van der Waals surface area contributed by atoms with Gasteiger partial charge >= 0.3 is 5.97 Å². The number of piperazine rings is 1. The number of ether oxygens (including phenoxy) is 4. The molecule has 4 heterocycles. The minimum Gasteiger partial charge on any atom is -0.504 e. The molecular formula is C34H39FN4O8. The predicted octanol–water partition coefficient (Wildman–Crippen LogP) is 3.12. The number of hydrogen-bond acceptors (Lipinski definition) is 11. The molecule has 4 aliphatic rings. The number of rotatable bonds is 8. The van der Waals surface area contributed by atoms with Crippen LogP contribution in [-0.2, 0) is 27.2 Å². The van der Waals surface area contributed by atoms with Gasteiger partial charge in [-0.15, -0.1) is 0 Å². The number of methoxy groups -OCH3 is 1. The molecule has 6 atom stereocenters. The van der Waals surface area contributed by atoms with Crippen LogP contribution in [0.1, 0.15) is 65.7 Å². The van der Waals surface area contributed by atoms with Gasteiger partial charge in [-0.1, -0.05) is 13.0 Å². The van der Waals surface area contributed by atoms with Crippen LogP contribution in [0.5, 0.6) is 28.7 Å². The Hall–Kier alpha value is -4.41. The van der Waals surface area contributed by atoms with Crippen molar-refractivity contribution in [3.8, 4) is 34.8 Å². The zero-order valence-corrected chi connectivity index (χ0v) is 27.3. The normalized spacial score (nSPS) is 24.7. The number of phenolic OH excluding ortho intramolecular Hbond substituents is 1. The van der Waals surface area contributed by atoms with Gasteiger partial charge in [0.05, 0.1) is 25.3 Å². The maximum atomic E-state index is 13.3. The van der Waals surface area contributed by atoms with Gasteiger partial charge < -0.3 is 29.4 Å². The van der Waals surface area contributed by atoms with Gasteiger partial charge in [0.2, 0.25) is 12.7 Å². The summed E-state index contributed by atoms with van der Waals surface area (Å²) in [5, 5.41) is 25.4. The number of alkyl halides is 1. The molecule has 6 rings (SSSR count). The number of carbonyl (C=O) groups excluding carboxylic acids is 3. The van der Waals surface area contributed by atoms with Crippen molar-refractivity contribution in [2.75, 3.05) is 34.2 Å². The molecule has 47 heavy (non-hydrogen) atoms. The van der Waals surface area contributed by atoms with E-state index in [1.807, 2.05) is 20.0 Å². The molecule has 13 heteroatoms. The number of aryl methyl sites for hydroxylation is 1. The lowest BCUT2D eigenvalue weighted by atomic mass is 9.71. The molecule has 0 spiro atoms. The van der Waals surface area contributed by atoms with E-state index in [2.05, 4.69) is 21.2 Å². The largest absolute Gasteiger partial charge is 0.504 e. The second-order valence-corrected chi connectivity index (χ2v) is 12.9. The number of likely N-dealkylation sites (N-methyl/N-ethyl adjacent to an activating group) is 1. The summed E-state index contributed by atoms with van der Waals surface area (Å²) in [4.78, 5) is 41.7. The molecule has 0 radical (unpaired) electrons. The first-order chi connectivity index (χ1) is 22.4. The number of nitriles is 1. The summed E-state index contributed by atoms with van der Waals surface area (Å²) < 4.78 is 36.3. The van der Waals surface area contributed by atoms with Crippen LogP contribution < -0.4 is 24.3 Å². The van der Waals surface area contributed by atoms with E-state index < -0.39 is 54.4 Å². The SMILES string of the molecule is COc1c(C)cc2c(c1O)[C@H]1C3Cc4c(OC(C)=O)c(C)c5c(c4[C@H](CNC(=O)[C@H](C)CC(=O)CF)N3[C@@H](C#N)[C@H](C2)N1C)OCO5. The quantitative estimate of drug-likeness (QED) is 0.320. The summed E-state index contributed by atoms with van der Waals surface area (Å²) in [5.41, 5.74) is 4.32. The highest BCUT2D eigenvalue weighted by atomic mass is 19.1. The third-order valence-electron chi connectivity index (χ3n) is 10.1. The molecule has 2 aromatic rings. The predicted molar refractivity (Wildman–Crippen MR) is 165 cm³/mol. The van der Waals surface area contributed by atoms with Gasteiger partial charge in [0.15, 0.2) is 28.8 Å². The van der Waals surface area contributed by atoms with E-state index in [4.69, 9.17) is 18.9 Å². The van der Waals surface area contributed by atoms with Crippen molar-refractivity contribution in [3.63, 3.8) is 0 Å². The Morgan fingerprint density at radius 2 is 1.89 bits per heavy atom. The van der Waals surface area contributed by atoms with Gasteiger partial charge in [-0.25, -0.2) is 4.39 Å². The minimum atomic E-state index is -1.15. The van der Waals surface area contributed by atoms with Gasteiger partial charge in [-0.2, -0.15) is 5.26 Å². The highest BCUT2D eigenvalue weighted by Crippen LogP contribution is 2.58. The Morgan fingerprint density at radius 3 is 2.55 bits per heavy atom. The van der Waals surface area contributed by atoms with Gasteiger partial charge in [0, 0.05) is 60.1 Å². The molecule has 0 aromatic heterocycles. The number of hydrogen-bond donors (Lipinski definition) is 2. The summed E-state index contributed by atoms with van der Waals surface area (Å²) in [6, 6.07) is 2.11. The highest BCUT2D eigenvalue weighted by Gasteiger charge is 2.57. The number of phenols is 1. The topological polar surface area (TPSA) is 151 Å². The standard InChI is InChI=1S/C34H39FN4O8/c1-15-7-19-9-22-24(12-36)39-23(28(38(22)5)26(19)29(42)30(15)44-6)10-21-27(25(39)13-37-34(43)16(2)8-20(41)11-35)33-32(45-14-46-33)17(3)31(21)47-18(4)40/h7,16,22-25,28,42H,8-11,13-14H2,1-6H3,(H,37,43)/t16-,22+,23?,24+,25+,28-/m1/s1. The molecule has 1 saturated heterocycles. The van der Waals surface area contributed by atoms with Crippen LogP contribution >= 0.6 is 0 Å². The molecule has 12 nitrogen and oxygen atoms in total. The van der Waals surface area contributed by atoms with Crippen molar-refractivity contribution in [3.05, 3.63) is 39.4 Å². The third-order valence-corrected chi connectivity index (χ3v) is 10.1. The minimum absolute atomic E-state index is 0.00620.